The van der Waals surface area contributed by atoms with Crippen LogP contribution in [0, 0.1) is 20.8 Å². The van der Waals surface area contributed by atoms with Gasteiger partial charge in [-0.2, -0.15) is 10.2 Å². The summed E-state index contributed by atoms with van der Waals surface area (Å²) in [6.45, 7) is 6.23. The number of ether oxygens (including phenoxy) is 1. The average Bonchev–Trinajstić information content (AvgIpc) is 3.36. The molecule has 0 fully saturated rings. The molecule has 1 aliphatic rings. The first-order valence-corrected chi connectivity index (χ1v) is 11.2. The van der Waals surface area contributed by atoms with Crippen LogP contribution in [0.15, 0.2) is 84.9 Å². The van der Waals surface area contributed by atoms with E-state index in [-0.39, 0.29) is 5.92 Å². The van der Waals surface area contributed by atoms with Crippen molar-refractivity contribution in [3.63, 3.8) is 0 Å². The van der Waals surface area contributed by atoms with Gasteiger partial charge in [0.2, 0.25) is 11.8 Å². The van der Waals surface area contributed by atoms with Crippen molar-refractivity contribution in [1.29, 1.82) is 0 Å². The molecule has 5 aromatic rings. The average molecular weight is 433 g/mol. The summed E-state index contributed by atoms with van der Waals surface area (Å²) in [5, 5.41) is 9.83. The summed E-state index contributed by atoms with van der Waals surface area (Å²) in [5.74, 6) is 1.47. The Labute approximate surface area is 192 Å². The lowest BCUT2D eigenvalue weighted by atomic mass is 9.83. The van der Waals surface area contributed by atoms with E-state index in [1.165, 1.54) is 11.1 Å². The summed E-state index contributed by atoms with van der Waals surface area (Å²) >= 11 is 0. The fourth-order valence-electron chi connectivity index (χ4n) is 4.71. The summed E-state index contributed by atoms with van der Waals surface area (Å²) < 4.78 is 10.5. The fourth-order valence-corrected chi connectivity index (χ4v) is 4.71. The Hall–Kier alpha value is -4.12. The zero-order valence-electron chi connectivity index (χ0n) is 18.9. The number of para-hydroxylation sites is 2. The Balaban J connectivity index is 1.64. The highest BCUT2D eigenvalue weighted by molar-refractivity contribution is 5.60. The molecule has 5 nitrogen and oxygen atoms in total. The van der Waals surface area contributed by atoms with Crippen LogP contribution in [0.5, 0.6) is 11.8 Å². The zero-order chi connectivity index (χ0) is 22.5. The zero-order valence-corrected chi connectivity index (χ0v) is 18.9. The van der Waals surface area contributed by atoms with Crippen molar-refractivity contribution in [1.82, 2.24) is 19.6 Å². The minimum atomic E-state index is -0.0146. The Morgan fingerprint density at radius 2 is 1.06 bits per heavy atom. The predicted molar refractivity (Wildman–Crippen MR) is 129 cm³/mol. The largest absolute Gasteiger partial charge is 0.420 e. The first-order chi connectivity index (χ1) is 16.1. The van der Waals surface area contributed by atoms with Crippen molar-refractivity contribution in [3.05, 3.63) is 119 Å². The fraction of sp³-hybridized carbons (Fsp3) is 0.143. The Morgan fingerprint density at radius 3 is 1.52 bits per heavy atom. The monoisotopic (exact) mass is 432 g/mol. The number of nitrogens with zero attached hydrogens (tertiary/aromatic N) is 4. The van der Waals surface area contributed by atoms with Gasteiger partial charge < -0.3 is 4.74 Å². The molecular formula is C28H24N4O. The number of hydrogen-bond donors (Lipinski definition) is 0. The van der Waals surface area contributed by atoms with Gasteiger partial charge in [-0.25, -0.2) is 9.36 Å². The van der Waals surface area contributed by atoms with Gasteiger partial charge in [0, 0.05) is 17.0 Å². The minimum absolute atomic E-state index is 0.0146. The minimum Gasteiger partial charge on any atom is -0.420 e. The predicted octanol–water partition coefficient (Wildman–Crippen LogP) is 6.27. The molecule has 1 aliphatic heterocycles. The maximum atomic E-state index is 6.67. The lowest BCUT2D eigenvalue weighted by Crippen LogP contribution is -2.14. The third kappa shape index (κ3) is 3.08. The third-order valence-corrected chi connectivity index (χ3v) is 6.31. The number of aromatic nitrogens is 4. The van der Waals surface area contributed by atoms with Crippen molar-refractivity contribution in [2.75, 3.05) is 0 Å². The summed E-state index contributed by atoms with van der Waals surface area (Å²) in [6.07, 6.45) is 0. The number of benzene rings is 3. The number of rotatable bonds is 3. The van der Waals surface area contributed by atoms with Crippen LogP contribution in [0.1, 0.15) is 39.6 Å². The molecular weight excluding hydrogens is 408 g/mol. The second-order valence-electron chi connectivity index (χ2n) is 8.55. The molecule has 0 N–H and O–H groups in total. The van der Waals surface area contributed by atoms with Gasteiger partial charge in [0.05, 0.1) is 22.8 Å². The van der Waals surface area contributed by atoms with E-state index < -0.39 is 0 Å². The normalized spacial score (nSPS) is 12.8. The van der Waals surface area contributed by atoms with Crippen molar-refractivity contribution >= 4 is 0 Å². The molecule has 2 aromatic heterocycles. The summed E-state index contributed by atoms with van der Waals surface area (Å²) in [7, 11) is 0. The van der Waals surface area contributed by atoms with Gasteiger partial charge in [0.25, 0.3) is 0 Å². The van der Waals surface area contributed by atoms with Crippen LogP contribution >= 0.6 is 0 Å². The second-order valence-corrected chi connectivity index (χ2v) is 8.55. The van der Waals surface area contributed by atoms with Gasteiger partial charge in [-0.15, -0.1) is 0 Å². The van der Waals surface area contributed by atoms with E-state index in [2.05, 4.69) is 45.0 Å². The van der Waals surface area contributed by atoms with E-state index in [0.29, 0.717) is 0 Å². The molecule has 0 saturated heterocycles. The van der Waals surface area contributed by atoms with Crippen molar-refractivity contribution in [3.8, 4) is 23.1 Å². The SMILES string of the molecule is Cc1ccc(C2c3c(C)nn(-c4ccccc4)c3Oc3c2c(C)nn3-c2ccccc2)cc1. The van der Waals surface area contributed by atoms with Crippen LogP contribution in [0.25, 0.3) is 11.4 Å². The van der Waals surface area contributed by atoms with Gasteiger partial charge >= 0.3 is 0 Å². The molecule has 0 radical (unpaired) electrons. The molecule has 0 saturated carbocycles. The quantitative estimate of drug-likeness (QED) is 0.331. The third-order valence-electron chi connectivity index (χ3n) is 6.31. The molecule has 5 heteroatoms. The molecule has 33 heavy (non-hydrogen) atoms. The van der Waals surface area contributed by atoms with Crippen molar-refractivity contribution in [2.45, 2.75) is 26.7 Å². The molecule has 162 valence electrons. The van der Waals surface area contributed by atoms with Crippen molar-refractivity contribution in [2.24, 2.45) is 0 Å². The van der Waals surface area contributed by atoms with E-state index in [4.69, 9.17) is 14.9 Å². The number of fused-ring (bicyclic) bond motifs is 2. The van der Waals surface area contributed by atoms with E-state index in [1.807, 2.05) is 70.0 Å². The Bertz CT molecular complexity index is 1360. The van der Waals surface area contributed by atoms with Crippen molar-refractivity contribution < 1.29 is 4.74 Å². The van der Waals surface area contributed by atoms with Gasteiger partial charge in [-0.3, -0.25) is 0 Å². The van der Waals surface area contributed by atoms with Gasteiger partial charge in [0.1, 0.15) is 0 Å². The topological polar surface area (TPSA) is 44.9 Å². The van der Waals surface area contributed by atoms with Gasteiger partial charge in [-0.1, -0.05) is 66.2 Å². The molecule has 0 amide bonds. The van der Waals surface area contributed by atoms with E-state index in [9.17, 15) is 0 Å². The Morgan fingerprint density at radius 1 is 0.606 bits per heavy atom. The number of aryl methyl sites for hydroxylation is 3. The molecule has 3 heterocycles. The summed E-state index contributed by atoms with van der Waals surface area (Å²) in [5.41, 5.74) is 8.47. The first kappa shape index (κ1) is 19.6. The Kier molecular flexibility index (Phi) is 4.44. The molecule has 0 atom stereocenters. The maximum Gasteiger partial charge on any atom is 0.229 e. The smallest absolute Gasteiger partial charge is 0.229 e. The molecule has 3 aromatic carbocycles. The van der Waals surface area contributed by atoms with Crippen LogP contribution in [-0.2, 0) is 0 Å². The lowest BCUT2D eigenvalue weighted by molar-refractivity contribution is 0.392. The number of hydrogen-bond acceptors (Lipinski definition) is 3. The first-order valence-electron chi connectivity index (χ1n) is 11.2. The molecule has 6 rings (SSSR count). The highest BCUT2D eigenvalue weighted by Gasteiger charge is 2.39. The van der Waals surface area contributed by atoms with Gasteiger partial charge in [-0.05, 0) is 50.6 Å². The molecule has 0 unspecified atom stereocenters. The summed E-state index contributed by atoms with van der Waals surface area (Å²) in [4.78, 5) is 0. The van der Waals surface area contributed by atoms with Crippen LogP contribution in [0.2, 0.25) is 0 Å². The maximum absolute atomic E-state index is 6.67. The van der Waals surface area contributed by atoms with Gasteiger partial charge in [0.15, 0.2) is 0 Å². The van der Waals surface area contributed by atoms with Crippen LogP contribution in [-0.4, -0.2) is 19.6 Å². The second kappa shape index (κ2) is 7.48. The standard InChI is InChI=1S/C28H24N4O/c1-18-14-16-21(17-15-18)26-24-19(2)29-31(22-10-6-4-7-11-22)27(24)33-28-25(26)20(3)30-32(28)23-12-8-5-9-13-23/h4-17,26H,1-3H3. The molecule has 0 aliphatic carbocycles. The summed E-state index contributed by atoms with van der Waals surface area (Å²) in [6, 6.07) is 29.0. The van der Waals surface area contributed by atoms with E-state index in [0.717, 1.165) is 45.6 Å². The van der Waals surface area contributed by atoms with Crippen LogP contribution in [0.3, 0.4) is 0 Å². The highest BCUT2D eigenvalue weighted by Crippen LogP contribution is 2.51. The van der Waals surface area contributed by atoms with E-state index in [1.54, 1.807) is 0 Å². The van der Waals surface area contributed by atoms with Crippen LogP contribution < -0.4 is 4.74 Å². The highest BCUT2D eigenvalue weighted by atomic mass is 16.5. The van der Waals surface area contributed by atoms with E-state index >= 15 is 0 Å². The molecule has 0 bridgehead atoms. The molecule has 0 spiro atoms. The lowest BCUT2D eigenvalue weighted by Gasteiger charge is -2.26. The van der Waals surface area contributed by atoms with Crippen LogP contribution in [0.4, 0.5) is 0 Å².